The zero-order valence-electron chi connectivity index (χ0n) is 13.2. The molecule has 0 aliphatic rings. The van der Waals surface area contributed by atoms with Gasteiger partial charge in [-0.05, 0) is 30.7 Å². The third kappa shape index (κ3) is 2.44. The van der Waals surface area contributed by atoms with E-state index in [1.54, 1.807) is 13.4 Å². The first-order valence-corrected chi connectivity index (χ1v) is 7.64. The number of hydrogen-bond acceptors (Lipinski definition) is 3. The molecule has 0 bridgehead atoms. The lowest BCUT2D eigenvalue weighted by molar-refractivity contribution is 0.415. The summed E-state index contributed by atoms with van der Waals surface area (Å²) in [5.41, 5.74) is 6.37. The van der Waals surface area contributed by atoms with Crippen LogP contribution in [0.25, 0.3) is 22.0 Å². The van der Waals surface area contributed by atoms with Crippen LogP contribution in [-0.4, -0.2) is 12.1 Å². The molecule has 23 heavy (non-hydrogen) atoms. The predicted octanol–water partition coefficient (Wildman–Crippen LogP) is 4.89. The van der Waals surface area contributed by atoms with E-state index in [-0.39, 0.29) is 0 Å². The summed E-state index contributed by atoms with van der Waals surface area (Å²) in [5.74, 6) is 0.829. The first-order chi connectivity index (χ1) is 11.2. The molecule has 0 unspecified atom stereocenters. The summed E-state index contributed by atoms with van der Waals surface area (Å²) < 4.78 is 11.1. The quantitative estimate of drug-likeness (QED) is 0.540. The van der Waals surface area contributed by atoms with Gasteiger partial charge in [-0.25, -0.2) is 4.98 Å². The summed E-state index contributed by atoms with van der Waals surface area (Å²) in [5, 5.41) is 1.08. The molecule has 0 saturated heterocycles. The maximum absolute atomic E-state index is 5.72. The molecule has 0 aliphatic heterocycles. The number of hydrogen-bond donors (Lipinski definition) is 0. The Hall–Kier alpha value is -2.81. The first-order valence-electron chi connectivity index (χ1n) is 7.64. The number of ether oxygens (including phenoxy) is 1. The van der Waals surface area contributed by atoms with E-state index < -0.39 is 0 Å². The number of pyridine rings is 1. The lowest BCUT2D eigenvalue weighted by Crippen LogP contribution is -1.94. The Morgan fingerprint density at radius 1 is 1.00 bits per heavy atom. The van der Waals surface area contributed by atoms with E-state index in [9.17, 15) is 0 Å². The SMILES string of the molecule is COc1ccc2nc3ccoc3c(Cc3ccc(C)cc3)c2c1. The van der Waals surface area contributed by atoms with Crippen molar-refractivity contribution in [2.75, 3.05) is 7.11 Å². The van der Waals surface area contributed by atoms with Crippen LogP contribution in [0, 0.1) is 6.92 Å². The molecule has 0 atom stereocenters. The van der Waals surface area contributed by atoms with Crippen LogP contribution in [-0.2, 0) is 6.42 Å². The van der Waals surface area contributed by atoms with Crippen LogP contribution in [0.1, 0.15) is 16.7 Å². The van der Waals surface area contributed by atoms with Gasteiger partial charge in [0.1, 0.15) is 11.3 Å². The van der Waals surface area contributed by atoms with Crippen LogP contribution in [0.2, 0.25) is 0 Å². The van der Waals surface area contributed by atoms with E-state index in [4.69, 9.17) is 9.15 Å². The van der Waals surface area contributed by atoms with Crippen molar-refractivity contribution in [2.45, 2.75) is 13.3 Å². The van der Waals surface area contributed by atoms with Gasteiger partial charge in [0.25, 0.3) is 0 Å². The smallest absolute Gasteiger partial charge is 0.156 e. The monoisotopic (exact) mass is 303 g/mol. The maximum atomic E-state index is 5.72. The van der Waals surface area contributed by atoms with Crippen molar-refractivity contribution in [1.82, 2.24) is 4.98 Å². The molecule has 0 fully saturated rings. The standard InChI is InChI=1S/C20H17NO2/c1-13-3-5-14(6-4-13)11-17-16-12-15(22-2)7-8-18(16)21-19-9-10-23-20(17)19/h3-10,12H,11H2,1-2H3. The van der Waals surface area contributed by atoms with Crippen molar-refractivity contribution < 1.29 is 9.15 Å². The normalized spacial score (nSPS) is 11.2. The zero-order valence-corrected chi connectivity index (χ0v) is 13.2. The third-order valence-electron chi connectivity index (χ3n) is 4.19. The first kappa shape index (κ1) is 13.8. The van der Waals surface area contributed by atoms with Crippen molar-refractivity contribution >= 4 is 22.0 Å². The predicted molar refractivity (Wildman–Crippen MR) is 92.1 cm³/mol. The molecule has 2 aromatic heterocycles. The van der Waals surface area contributed by atoms with E-state index in [1.165, 1.54) is 11.1 Å². The third-order valence-corrected chi connectivity index (χ3v) is 4.19. The minimum Gasteiger partial charge on any atom is -0.497 e. The molecule has 0 saturated carbocycles. The lowest BCUT2D eigenvalue weighted by Gasteiger charge is -2.09. The van der Waals surface area contributed by atoms with Crippen LogP contribution in [0.15, 0.2) is 59.2 Å². The van der Waals surface area contributed by atoms with Crippen molar-refractivity contribution in [1.29, 1.82) is 0 Å². The molecule has 2 heterocycles. The summed E-state index contributed by atoms with van der Waals surface area (Å²) in [6, 6.07) is 16.5. The van der Waals surface area contributed by atoms with Gasteiger partial charge in [-0.3, -0.25) is 0 Å². The van der Waals surface area contributed by atoms with E-state index in [0.717, 1.165) is 39.7 Å². The Kier molecular flexibility index (Phi) is 3.27. The number of furan rings is 1. The zero-order chi connectivity index (χ0) is 15.8. The molecule has 0 aliphatic carbocycles. The molecular weight excluding hydrogens is 286 g/mol. The molecule has 114 valence electrons. The number of aromatic nitrogens is 1. The summed E-state index contributed by atoms with van der Waals surface area (Å²) in [6.07, 6.45) is 2.50. The summed E-state index contributed by atoms with van der Waals surface area (Å²) in [4.78, 5) is 4.68. The number of benzene rings is 2. The maximum Gasteiger partial charge on any atom is 0.156 e. The van der Waals surface area contributed by atoms with Gasteiger partial charge in [-0.15, -0.1) is 0 Å². The van der Waals surface area contributed by atoms with Crippen LogP contribution in [0.3, 0.4) is 0 Å². The molecule has 4 aromatic rings. The Balaban J connectivity index is 1.95. The molecule has 4 rings (SSSR count). The van der Waals surface area contributed by atoms with Gasteiger partial charge in [0, 0.05) is 23.4 Å². The Bertz CT molecular complexity index is 984. The highest BCUT2D eigenvalue weighted by molar-refractivity contribution is 5.95. The van der Waals surface area contributed by atoms with Gasteiger partial charge in [-0.2, -0.15) is 0 Å². The van der Waals surface area contributed by atoms with Crippen LogP contribution in [0.4, 0.5) is 0 Å². The fourth-order valence-corrected chi connectivity index (χ4v) is 2.94. The molecule has 3 heteroatoms. The van der Waals surface area contributed by atoms with Gasteiger partial charge in [0.15, 0.2) is 5.58 Å². The minimum absolute atomic E-state index is 0.802. The highest BCUT2D eigenvalue weighted by Gasteiger charge is 2.13. The van der Waals surface area contributed by atoms with Gasteiger partial charge in [0.2, 0.25) is 0 Å². The number of methoxy groups -OCH3 is 1. The Labute approximate surface area is 134 Å². The summed E-state index contributed by atoms with van der Waals surface area (Å²) >= 11 is 0. The van der Waals surface area contributed by atoms with Gasteiger partial charge in [-0.1, -0.05) is 29.8 Å². The van der Waals surface area contributed by atoms with E-state index in [1.807, 2.05) is 24.3 Å². The lowest BCUT2D eigenvalue weighted by atomic mass is 9.99. The van der Waals surface area contributed by atoms with Crippen LogP contribution >= 0.6 is 0 Å². The largest absolute Gasteiger partial charge is 0.497 e. The van der Waals surface area contributed by atoms with Crippen molar-refractivity contribution in [3.63, 3.8) is 0 Å². The average Bonchev–Trinajstić information content (AvgIpc) is 3.04. The van der Waals surface area contributed by atoms with E-state index in [2.05, 4.69) is 36.2 Å². The Morgan fingerprint density at radius 2 is 1.83 bits per heavy atom. The van der Waals surface area contributed by atoms with E-state index >= 15 is 0 Å². The molecular formula is C20H17NO2. The number of aryl methyl sites for hydroxylation is 1. The van der Waals surface area contributed by atoms with Gasteiger partial charge >= 0.3 is 0 Å². The average molecular weight is 303 g/mol. The van der Waals surface area contributed by atoms with Crippen molar-refractivity contribution in [2.24, 2.45) is 0 Å². The van der Waals surface area contributed by atoms with Crippen LogP contribution < -0.4 is 4.74 Å². The molecule has 0 N–H and O–H groups in total. The highest BCUT2D eigenvalue weighted by atomic mass is 16.5. The van der Waals surface area contributed by atoms with E-state index in [0.29, 0.717) is 0 Å². The van der Waals surface area contributed by atoms with Gasteiger partial charge < -0.3 is 9.15 Å². The molecule has 0 radical (unpaired) electrons. The second kappa shape index (κ2) is 5.43. The van der Waals surface area contributed by atoms with Crippen molar-refractivity contribution in [3.05, 3.63) is 71.5 Å². The van der Waals surface area contributed by atoms with Crippen LogP contribution in [0.5, 0.6) is 5.75 Å². The minimum atomic E-state index is 0.802. The molecule has 0 amide bonds. The Morgan fingerprint density at radius 3 is 2.61 bits per heavy atom. The fraction of sp³-hybridized carbons (Fsp3) is 0.150. The number of fused-ring (bicyclic) bond motifs is 2. The number of nitrogens with zero attached hydrogens (tertiary/aromatic N) is 1. The summed E-state index contributed by atoms with van der Waals surface area (Å²) in [6.45, 7) is 2.10. The second-order valence-electron chi connectivity index (χ2n) is 5.77. The highest BCUT2D eigenvalue weighted by Crippen LogP contribution is 2.31. The molecule has 2 aromatic carbocycles. The van der Waals surface area contributed by atoms with Gasteiger partial charge in [0.05, 0.1) is 18.9 Å². The second-order valence-corrected chi connectivity index (χ2v) is 5.77. The summed E-state index contributed by atoms with van der Waals surface area (Å²) in [7, 11) is 1.68. The van der Waals surface area contributed by atoms with Crippen molar-refractivity contribution in [3.8, 4) is 5.75 Å². The fourth-order valence-electron chi connectivity index (χ4n) is 2.94. The topological polar surface area (TPSA) is 35.3 Å². The molecule has 0 spiro atoms. The molecule has 3 nitrogen and oxygen atoms in total. The number of rotatable bonds is 3.